The van der Waals surface area contributed by atoms with Gasteiger partial charge in [0.15, 0.2) is 5.69 Å². The summed E-state index contributed by atoms with van der Waals surface area (Å²) in [6.07, 6.45) is -3.85. The van der Waals surface area contributed by atoms with Crippen molar-refractivity contribution >= 4 is 46.6 Å². The number of benzene rings is 1. The zero-order valence-electron chi connectivity index (χ0n) is 9.38. The molecular weight excluding hydrogens is 356 g/mol. The highest BCUT2D eigenvalue weighted by Crippen LogP contribution is 2.42. The Hall–Kier alpha value is -0.690. The van der Waals surface area contributed by atoms with E-state index in [4.69, 9.17) is 34.8 Å². The van der Waals surface area contributed by atoms with Crippen LogP contribution in [-0.2, 0) is 6.18 Å². The molecule has 0 spiro atoms. The third-order valence-corrected chi connectivity index (χ3v) is 4.36. The molecule has 0 aliphatic heterocycles. The number of hydrogen-bond acceptors (Lipinski definition) is 3. The summed E-state index contributed by atoms with van der Waals surface area (Å²) in [5.74, 6) is 0. The van der Waals surface area contributed by atoms with Crippen molar-refractivity contribution in [1.82, 2.24) is 9.97 Å². The Morgan fingerprint density at radius 3 is 2.30 bits per heavy atom. The van der Waals surface area contributed by atoms with Gasteiger partial charge in [-0.15, -0.1) is 0 Å². The molecule has 0 amide bonds. The molecule has 2 rings (SSSR count). The van der Waals surface area contributed by atoms with Crippen LogP contribution in [0, 0.1) is 0 Å². The molecule has 1 aromatic carbocycles. The Labute approximate surface area is 131 Å². The van der Waals surface area contributed by atoms with Crippen LogP contribution >= 0.6 is 46.6 Å². The molecule has 2 aromatic rings. The third-order valence-electron chi connectivity index (χ3n) is 2.14. The Kier molecular flexibility index (Phi) is 4.69. The number of halogens is 6. The molecule has 0 unspecified atom stereocenters. The number of aromatic nitrogens is 2. The monoisotopic (exact) mass is 358 g/mol. The maximum Gasteiger partial charge on any atom is 0.434 e. The van der Waals surface area contributed by atoms with Gasteiger partial charge >= 0.3 is 6.18 Å². The van der Waals surface area contributed by atoms with Gasteiger partial charge in [-0.1, -0.05) is 46.6 Å². The summed E-state index contributed by atoms with van der Waals surface area (Å²) in [6.45, 7) is 0. The van der Waals surface area contributed by atoms with Crippen LogP contribution in [0.3, 0.4) is 0 Å². The fourth-order valence-electron chi connectivity index (χ4n) is 1.30. The van der Waals surface area contributed by atoms with Gasteiger partial charge in [-0.2, -0.15) is 13.2 Å². The highest BCUT2D eigenvalue weighted by Gasteiger charge is 2.37. The quantitative estimate of drug-likeness (QED) is 0.652. The van der Waals surface area contributed by atoms with Gasteiger partial charge in [0.05, 0.1) is 14.9 Å². The van der Waals surface area contributed by atoms with Crippen molar-refractivity contribution in [2.75, 3.05) is 0 Å². The summed E-state index contributed by atoms with van der Waals surface area (Å²) in [5.41, 5.74) is -1.09. The van der Waals surface area contributed by atoms with Crippen LogP contribution in [0.4, 0.5) is 13.2 Å². The van der Waals surface area contributed by atoms with Crippen molar-refractivity contribution < 1.29 is 13.2 Å². The van der Waals surface area contributed by atoms with E-state index in [1.54, 1.807) is 0 Å². The van der Waals surface area contributed by atoms with Crippen molar-refractivity contribution in [3.63, 3.8) is 0 Å². The van der Waals surface area contributed by atoms with Gasteiger partial charge in [0.25, 0.3) is 0 Å². The number of alkyl halides is 3. The average molecular weight is 360 g/mol. The summed E-state index contributed by atoms with van der Waals surface area (Å²) in [6, 6.07) is 4.46. The first kappa shape index (κ1) is 15.7. The van der Waals surface area contributed by atoms with Crippen LogP contribution in [-0.4, -0.2) is 9.97 Å². The Bertz CT molecular complexity index is 649. The predicted molar refractivity (Wildman–Crippen MR) is 72.6 cm³/mol. The number of hydrogen-bond donors (Lipinski definition) is 0. The van der Waals surface area contributed by atoms with E-state index >= 15 is 0 Å². The molecule has 0 radical (unpaired) electrons. The van der Waals surface area contributed by atoms with E-state index in [1.165, 1.54) is 18.2 Å². The minimum atomic E-state index is -4.62. The summed E-state index contributed by atoms with van der Waals surface area (Å²) in [5, 5.41) is 0.268. The number of rotatable bonds is 2. The molecule has 0 fully saturated rings. The minimum Gasteiger partial charge on any atom is -0.231 e. The molecule has 1 aromatic heterocycles. The summed E-state index contributed by atoms with van der Waals surface area (Å²) in [7, 11) is 0. The maximum atomic E-state index is 12.9. The topological polar surface area (TPSA) is 25.8 Å². The van der Waals surface area contributed by atoms with Crippen molar-refractivity contribution in [3.8, 4) is 0 Å². The highest BCUT2D eigenvalue weighted by molar-refractivity contribution is 7.99. The molecule has 20 heavy (non-hydrogen) atoms. The van der Waals surface area contributed by atoms with E-state index in [9.17, 15) is 13.2 Å². The van der Waals surface area contributed by atoms with E-state index < -0.39 is 11.9 Å². The maximum absolute atomic E-state index is 12.9. The zero-order chi connectivity index (χ0) is 14.9. The van der Waals surface area contributed by atoms with Crippen molar-refractivity contribution in [1.29, 1.82) is 0 Å². The molecule has 2 nitrogen and oxygen atoms in total. The fraction of sp³-hybridized carbons (Fsp3) is 0.0909. The zero-order valence-corrected chi connectivity index (χ0v) is 12.5. The van der Waals surface area contributed by atoms with Gasteiger partial charge in [0.2, 0.25) is 0 Å². The molecule has 0 saturated carbocycles. The first-order valence-corrected chi connectivity index (χ1v) is 6.94. The second-order valence-electron chi connectivity index (χ2n) is 3.52. The molecule has 0 saturated heterocycles. The van der Waals surface area contributed by atoms with Crippen LogP contribution in [0.15, 0.2) is 34.3 Å². The molecular formula is C11H4Cl3F3N2S. The van der Waals surface area contributed by atoms with Gasteiger partial charge in [-0.3, -0.25) is 0 Å². The standard InChI is InChI=1S/C11H4Cl3F3N2S/c12-6-2-1-5(3-7(6)13)20-8-9(11(15,16)17)18-4-19-10(8)14/h1-4H. The van der Waals surface area contributed by atoms with Crippen LogP contribution in [0.5, 0.6) is 0 Å². The van der Waals surface area contributed by atoms with E-state index in [-0.39, 0.29) is 15.1 Å². The van der Waals surface area contributed by atoms with Crippen LogP contribution in [0.1, 0.15) is 5.69 Å². The lowest BCUT2D eigenvalue weighted by Crippen LogP contribution is -2.10. The second-order valence-corrected chi connectivity index (χ2v) is 5.77. The summed E-state index contributed by atoms with van der Waals surface area (Å²) >= 11 is 18.1. The Morgan fingerprint density at radius 2 is 1.70 bits per heavy atom. The highest BCUT2D eigenvalue weighted by atomic mass is 35.5. The van der Waals surface area contributed by atoms with Crippen LogP contribution in [0.2, 0.25) is 15.2 Å². The van der Waals surface area contributed by atoms with Crippen molar-refractivity contribution in [2.24, 2.45) is 0 Å². The minimum absolute atomic E-state index is 0.234. The molecule has 0 aliphatic carbocycles. The summed E-state index contributed by atoms with van der Waals surface area (Å²) < 4.78 is 38.6. The number of nitrogens with zero attached hydrogens (tertiary/aromatic N) is 2. The molecule has 0 N–H and O–H groups in total. The van der Waals surface area contributed by atoms with E-state index in [1.807, 2.05) is 0 Å². The third kappa shape index (κ3) is 3.49. The summed E-state index contributed by atoms with van der Waals surface area (Å²) in [4.78, 5) is 6.98. The SMILES string of the molecule is FC(F)(F)c1ncnc(Cl)c1Sc1ccc(Cl)c(Cl)c1. The smallest absolute Gasteiger partial charge is 0.231 e. The van der Waals surface area contributed by atoms with Gasteiger partial charge < -0.3 is 0 Å². The fourth-order valence-corrected chi connectivity index (χ4v) is 2.87. The molecule has 106 valence electrons. The Balaban J connectivity index is 2.45. The van der Waals surface area contributed by atoms with Gasteiger partial charge in [0.1, 0.15) is 11.5 Å². The molecule has 0 aliphatic rings. The van der Waals surface area contributed by atoms with Gasteiger partial charge in [0, 0.05) is 4.90 Å². The molecule has 9 heteroatoms. The largest absolute Gasteiger partial charge is 0.434 e. The van der Waals surface area contributed by atoms with Crippen molar-refractivity contribution in [2.45, 2.75) is 16.0 Å². The van der Waals surface area contributed by atoms with E-state index in [2.05, 4.69) is 9.97 Å². The van der Waals surface area contributed by atoms with Gasteiger partial charge in [-0.25, -0.2) is 9.97 Å². The molecule has 1 heterocycles. The van der Waals surface area contributed by atoms with Crippen molar-refractivity contribution in [3.05, 3.63) is 45.4 Å². The first-order chi connectivity index (χ1) is 9.29. The first-order valence-electron chi connectivity index (χ1n) is 4.99. The normalized spacial score (nSPS) is 11.7. The molecule has 0 atom stereocenters. The second kappa shape index (κ2) is 5.97. The predicted octanol–water partition coefficient (Wildman–Crippen LogP) is 5.61. The van der Waals surface area contributed by atoms with Crippen LogP contribution in [0.25, 0.3) is 0 Å². The lowest BCUT2D eigenvalue weighted by atomic mass is 10.4. The van der Waals surface area contributed by atoms with E-state index in [0.717, 1.165) is 18.1 Å². The van der Waals surface area contributed by atoms with Gasteiger partial charge in [-0.05, 0) is 18.2 Å². The van der Waals surface area contributed by atoms with E-state index in [0.29, 0.717) is 9.92 Å². The van der Waals surface area contributed by atoms with Crippen LogP contribution < -0.4 is 0 Å². The average Bonchev–Trinajstić information content (AvgIpc) is 2.35. The lowest BCUT2D eigenvalue weighted by molar-refractivity contribution is -0.143. The lowest BCUT2D eigenvalue weighted by Gasteiger charge is -2.12. The Morgan fingerprint density at radius 1 is 1.00 bits per heavy atom. The molecule has 0 bridgehead atoms.